The Balaban J connectivity index is 2.11. The maximum absolute atomic E-state index is 13.2. The van der Waals surface area contributed by atoms with Gasteiger partial charge in [0.25, 0.3) is 0 Å². The minimum atomic E-state index is -4.64. The van der Waals surface area contributed by atoms with Crippen molar-refractivity contribution in [2.24, 2.45) is 0 Å². The average Bonchev–Trinajstić information content (AvgIpc) is 2.22. The van der Waals surface area contributed by atoms with Crippen molar-refractivity contribution in [2.75, 3.05) is 5.32 Å². The van der Waals surface area contributed by atoms with E-state index in [4.69, 9.17) is 0 Å². The molecule has 1 saturated carbocycles. The summed E-state index contributed by atoms with van der Waals surface area (Å²) < 4.78 is 66.5. The van der Waals surface area contributed by atoms with Gasteiger partial charge in [-0.2, -0.15) is 17.6 Å². The number of halogens is 5. The lowest BCUT2D eigenvalue weighted by atomic mass is 9.93. The summed E-state index contributed by atoms with van der Waals surface area (Å²) in [6, 6.07) is 2.98. The first-order valence-electron chi connectivity index (χ1n) is 5.79. The zero-order chi connectivity index (χ0) is 14.0. The molecule has 2 nitrogen and oxygen atoms in total. The summed E-state index contributed by atoms with van der Waals surface area (Å²) >= 11 is 0. The molecule has 1 aromatic carbocycles. The van der Waals surface area contributed by atoms with E-state index in [0.29, 0.717) is 6.07 Å². The second-order valence-corrected chi connectivity index (χ2v) is 4.41. The van der Waals surface area contributed by atoms with Crippen LogP contribution in [0.1, 0.15) is 19.3 Å². The number of alkyl halides is 4. The molecule has 0 amide bonds. The number of anilines is 1. The zero-order valence-electron chi connectivity index (χ0n) is 9.81. The van der Waals surface area contributed by atoms with Crippen LogP contribution in [-0.2, 0) is 0 Å². The second-order valence-electron chi connectivity index (χ2n) is 4.41. The van der Waals surface area contributed by atoms with Crippen molar-refractivity contribution in [1.82, 2.24) is 0 Å². The predicted molar refractivity (Wildman–Crippen MR) is 59.2 cm³/mol. The standard InChI is InChI=1S/C12H12F5NO/c13-7-4-9(18-8-2-1-3-8)6-10(5-7)19-12(16,17)11(14)15/h4-6,8,11,18H,1-3H2. The fraction of sp³-hybridized carbons (Fsp3) is 0.500. The van der Waals surface area contributed by atoms with Gasteiger partial charge in [0.1, 0.15) is 11.6 Å². The first-order valence-corrected chi connectivity index (χ1v) is 5.79. The Morgan fingerprint density at radius 2 is 1.89 bits per heavy atom. The number of benzene rings is 1. The van der Waals surface area contributed by atoms with Gasteiger partial charge in [-0.25, -0.2) is 4.39 Å². The third kappa shape index (κ3) is 3.48. The molecule has 7 heteroatoms. The summed E-state index contributed by atoms with van der Waals surface area (Å²) in [5.74, 6) is -1.46. The molecule has 1 fully saturated rings. The van der Waals surface area contributed by atoms with Crippen LogP contribution in [0.25, 0.3) is 0 Å². The van der Waals surface area contributed by atoms with Gasteiger partial charge in [-0.05, 0) is 25.3 Å². The van der Waals surface area contributed by atoms with Crippen LogP contribution in [0.15, 0.2) is 18.2 Å². The number of ether oxygens (including phenoxy) is 1. The summed E-state index contributed by atoms with van der Waals surface area (Å²) in [6.07, 6.45) is -5.76. The maximum Gasteiger partial charge on any atom is 0.461 e. The van der Waals surface area contributed by atoms with Crippen LogP contribution in [0.2, 0.25) is 0 Å². The third-order valence-electron chi connectivity index (χ3n) is 2.86. The lowest BCUT2D eigenvalue weighted by Crippen LogP contribution is -2.33. The highest BCUT2D eigenvalue weighted by atomic mass is 19.3. The van der Waals surface area contributed by atoms with E-state index < -0.39 is 24.1 Å². The Labute approximate surface area is 106 Å². The van der Waals surface area contributed by atoms with E-state index in [0.717, 1.165) is 31.4 Å². The Hall–Kier alpha value is -1.53. The van der Waals surface area contributed by atoms with Gasteiger partial charge in [-0.15, -0.1) is 0 Å². The summed E-state index contributed by atoms with van der Waals surface area (Å²) in [7, 11) is 0. The van der Waals surface area contributed by atoms with Gasteiger partial charge in [-0.1, -0.05) is 0 Å². The molecule has 1 aliphatic rings. The number of hydrogen-bond acceptors (Lipinski definition) is 2. The van der Waals surface area contributed by atoms with Crippen molar-refractivity contribution < 1.29 is 26.7 Å². The topological polar surface area (TPSA) is 21.3 Å². The Kier molecular flexibility index (Phi) is 3.82. The number of rotatable bonds is 5. The molecule has 106 valence electrons. The van der Waals surface area contributed by atoms with Crippen LogP contribution in [-0.4, -0.2) is 18.6 Å². The van der Waals surface area contributed by atoms with Gasteiger partial charge in [0, 0.05) is 23.9 Å². The van der Waals surface area contributed by atoms with Crippen LogP contribution >= 0.6 is 0 Å². The Morgan fingerprint density at radius 1 is 1.21 bits per heavy atom. The predicted octanol–water partition coefficient (Wildman–Crippen LogP) is 4.03. The van der Waals surface area contributed by atoms with E-state index in [1.807, 2.05) is 0 Å². The van der Waals surface area contributed by atoms with E-state index in [2.05, 4.69) is 10.1 Å². The number of nitrogens with one attached hydrogen (secondary N) is 1. The molecule has 0 aromatic heterocycles. The summed E-state index contributed by atoms with van der Waals surface area (Å²) in [5, 5.41) is 2.92. The highest BCUT2D eigenvalue weighted by Gasteiger charge is 2.44. The van der Waals surface area contributed by atoms with Crippen molar-refractivity contribution in [2.45, 2.75) is 37.8 Å². The Morgan fingerprint density at radius 3 is 2.42 bits per heavy atom. The van der Waals surface area contributed by atoms with Gasteiger partial charge >= 0.3 is 12.5 Å². The monoisotopic (exact) mass is 281 g/mol. The van der Waals surface area contributed by atoms with Crippen molar-refractivity contribution in [1.29, 1.82) is 0 Å². The first kappa shape index (κ1) is 13.9. The van der Waals surface area contributed by atoms with Crippen molar-refractivity contribution in [3.05, 3.63) is 24.0 Å². The molecule has 1 aliphatic carbocycles. The normalized spacial score (nSPS) is 16.3. The Bertz CT molecular complexity index is 448. The molecule has 0 atom stereocenters. The van der Waals surface area contributed by atoms with Crippen molar-refractivity contribution in [3.63, 3.8) is 0 Å². The largest absolute Gasteiger partial charge is 0.461 e. The van der Waals surface area contributed by atoms with Crippen LogP contribution < -0.4 is 10.1 Å². The minimum absolute atomic E-state index is 0.158. The van der Waals surface area contributed by atoms with Gasteiger partial charge in [0.05, 0.1) is 0 Å². The SMILES string of the molecule is Fc1cc(NC2CCC2)cc(OC(F)(F)C(F)F)c1. The van der Waals surface area contributed by atoms with E-state index in [1.165, 1.54) is 0 Å². The lowest BCUT2D eigenvalue weighted by molar-refractivity contribution is -0.253. The molecule has 0 aliphatic heterocycles. The molecule has 0 heterocycles. The highest BCUT2D eigenvalue weighted by Crippen LogP contribution is 2.31. The average molecular weight is 281 g/mol. The molecule has 0 spiro atoms. The summed E-state index contributed by atoms with van der Waals surface area (Å²) in [5.41, 5.74) is 0.241. The molecule has 0 radical (unpaired) electrons. The highest BCUT2D eigenvalue weighted by molar-refractivity contribution is 5.49. The third-order valence-corrected chi connectivity index (χ3v) is 2.86. The van der Waals surface area contributed by atoms with Crippen LogP contribution in [0.3, 0.4) is 0 Å². The quantitative estimate of drug-likeness (QED) is 0.823. The first-order chi connectivity index (χ1) is 8.87. The van der Waals surface area contributed by atoms with Crippen LogP contribution in [0.5, 0.6) is 5.75 Å². The van der Waals surface area contributed by atoms with Gasteiger partial charge in [-0.3, -0.25) is 0 Å². The molecule has 0 saturated heterocycles. The fourth-order valence-corrected chi connectivity index (χ4v) is 1.69. The summed E-state index contributed by atoms with van der Waals surface area (Å²) in [6.45, 7) is 0. The fourth-order valence-electron chi connectivity index (χ4n) is 1.69. The molecule has 1 N–H and O–H groups in total. The zero-order valence-corrected chi connectivity index (χ0v) is 9.81. The second kappa shape index (κ2) is 5.22. The van der Waals surface area contributed by atoms with Crippen LogP contribution in [0.4, 0.5) is 27.6 Å². The van der Waals surface area contributed by atoms with Crippen LogP contribution in [0, 0.1) is 5.82 Å². The molecule has 2 rings (SSSR count). The molecule has 0 unspecified atom stereocenters. The molecule has 0 bridgehead atoms. The lowest BCUT2D eigenvalue weighted by Gasteiger charge is -2.27. The molecule has 19 heavy (non-hydrogen) atoms. The van der Waals surface area contributed by atoms with E-state index in [9.17, 15) is 22.0 Å². The van der Waals surface area contributed by atoms with Crippen molar-refractivity contribution >= 4 is 5.69 Å². The smallest absolute Gasteiger partial charge is 0.428 e. The maximum atomic E-state index is 13.2. The van der Waals surface area contributed by atoms with E-state index in [1.54, 1.807) is 0 Å². The summed E-state index contributed by atoms with van der Waals surface area (Å²) in [4.78, 5) is 0. The van der Waals surface area contributed by atoms with E-state index in [-0.39, 0.29) is 11.7 Å². The molecule has 1 aromatic rings. The van der Waals surface area contributed by atoms with Gasteiger partial charge in [0.2, 0.25) is 0 Å². The molecular formula is C12H12F5NO. The number of hydrogen-bond donors (Lipinski definition) is 1. The van der Waals surface area contributed by atoms with Gasteiger partial charge in [0.15, 0.2) is 0 Å². The van der Waals surface area contributed by atoms with Crippen molar-refractivity contribution in [3.8, 4) is 5.75 Å². The van der Waals surface area contributed by atoms with E-state index >= 15 is 0 Å². The minimum Gasteiger partial charge on any atom is -0.428 e. The van der Waals surface area contributed by atoms with Gasteiger partial charge < -0.3 is 10.1 Å². The molecular weight excluding hydrogens is 269 g/mol.